The van der Waals surface area contributed by atoms with Gasteiger partial charge < -0.3 is 10.4 Å². The van der Waals surface area contributed by atoms with Gasteiger partial charge in [-0.2, -0.15) is 0 Å². The van der Waals surface area contributed by atoms with E-state index in [9.17, 15) is 13.2 Å². The monoisotopic (exact) mass is 759 g/mol. The van der Waals surface area contributed by atoms with Crippen molar-refractivity contribution in [1.82, 2.24) is 5.32 Å². The number of hydrogen-bond acceptors (Lipinski definition) is 17. The zero-order valence-electron chi connectivity index (χ0n) is 20.2. The highest BCUT2D eigenvalue weighted by Crippen LogP contribution is 2.24. The van der Waals surface area contributed by atoms with Gasteiger partial charge in [-0.1, -0.05) is 11.8 Å². The number of nitrogens with one attached hydrogen (secondary N) is 1. The van der Waals surface area contributed by atoms with Crippen molar-refractivity contribution in [3.63, 3.8) is 0 Å². The lowest BCUT2D eigenvalue weighted by Crippen LogP contribution is -2.17. The number of aliphatic hydroxyl groups excluding tert-OH is 1. The first kappa shape index (κ1) is 39.9. The summed E-state index contributed by atoms with van der Waals surface area (Å²) in [5.74, 6) is 1.32. The van der Waals surface area contributed by atoms with Crippen LogP contribution in [-0.2, 0) is 21.6 Å². The Morgan fingerprint density at radius 3 is 1.84 bits per heavy atom. The van der Waals surface area contributed by atoms with Crippen molar-refractivity contribution in [3.8, 4) is 0 Å². The molecule has 0 radical (unpaired) electrons. The van der Waals surface area contributed by atoms with E-state index in [2.05, 4.69) is 15.3 Å². The molecule has 2 unspecified atom stereocenters. The van der Waals surface area contributed by atoms with Crippen LogP contribution in [0.25, 0.3) is 0 Å². The standard InChI is InChI=1S/C17H33N3O4S13/c1-18-4-36(23)15-33-12-31-10-29-11-32-14-35-17(22)20-3-26-8-28-9-30-13-34-16-37(24)5-19-2-25-7-27-6-21/h4-5,21H,2-3,6-16H2,1H3,(H,20,22)/b18-4?,19-5-. The van der Waals surface area contributed by atoms with Crippen LogP contribution in [0.5, 0.6) is 0 Å². The van der Waals surface area contributed by atoms with E-state index in [4.69, 9.17) is 5.11 Å². The Labute approximate surface area is 273 Å². The third kappa shape index (κ3) is 33.3. The molecule has 2 N–H and O–H groups in total. The van der Waals surface area contributed by atoms with E-state index >= 15 is 0 Å². The first-order valence-electron chi connectivity index (χ1n) is 10.1. The SMILES string of the molecule is CN=CS(=O)CSCSCSCSCSC(=O)NCSCSCSCSCS(=O)/C=N\CSCSCO. The Kier molecular flexibility index (Phi) is 36.1. The molecule has 2 atom stereocenters. The van der Waals surface area contributed by atoms with Crippen molar-refractivity contribution in [2.75, 3.05) is 75.6 Å². The molecule has 0 aliphatic heterocycles. The van der Waals surface area contributed by atoms with Gasteiger partial charge in [0.15, 0.2) is 0 Å². The number of amides is 1. The zero-order valence-corrected chi connectivity index (χ0v) is 30.8. The second-order valence-corrected chi connectivity index (χ2v) is 22.6. The maximum atomic E-state index is 11.9. The van der Waals surface area contributed by atoms with Crippen LogP contribution in [0.2, 0.25) is 0 Å². The first-order valence-corrected chi connectivity index (χ1v) is 25.3. The molecule has 0 aromatic rings. The van der Waals surface area contributed by atoms with Gasteiger partial charge in [0.2, 0.25) is 0 Å². The molecule has 7 nitrogen and oxygen atoms in total. The number of carbonyl (C=O) groups excluding carboxylic acids is 1. The van der Waals surface area contributed by atoms with Crippen molar-refractivity contribution in [1.29, 1.82) is 0 Å². The molecular formula is C17H33N3O4S13. The summed E-state index contributed by atoms with van der Waals surface area (Å²) < 4.78 is 23.2. The molecule has 20 heteroatoms. The summed E-state index contributed by atoms with van der Waals surface area (Å²) in [6.45, 7) is 0. The van der Waals surface area contributed by atoms with Gasteiger partial charge in [0.25, 0.3) is 5.24 Å². The van der Waals surface area contributed by atoms with Crippen molar-refractivity contribution < 1.29 is 18.3 Å². The molecule has 0 heterocycles. The summed E-state index contributed by atoms with van der Waals surface area (Å²) in [5, 5.41) is 20.0. The number of rotatable bonds is 27. The minimum atomic E-state index is -1.03. The van der Waals surface area contributed by atoms with Crippen molar-refractivity contribution in [3.05, 3.63) is 0 Å². The van der Waals surface area contributed by atoms with E-state index in [-0.39, 0.29) is 11.2 Å². The molecule has 0 spiro atoms. The normalized spacial score (nSPS) is 13.5. The maximum absolute atomic E-state index is 11.9. The molecule has 0 rings (SSSR count). The second kappa shape index (κ2) is 33.4. The van der Waals surface area contributed by atoms with Crippen molar-refractivity contribution in [2.24, 2.45) is 9.98 Å². The van der Waals surface area contributed by atoms with Crippen molar-refractivity contribution >= 4 is 167 Å². The number of thioether (sulfide) groups is 11. The smallest absolute Gasteiger partial charge is 0.280 e. The highest BCUT2D eigenvalue weighted by atomic mass is 32.3. The molecule has 0 saturated carbocycles. The Morgan fingerprint density at radius 1 is 0.730 bits per heavy atom. The molecule has 37 heavy (non-hydrogen) atoms. The van der Waals surface area contributed by atoms with Crippen LogP contribution < -0.4 is 5.32 Å². The van der Waals surface area contributed by atoms with Gasteiger partial charge in [0.05, 0.1) is 60.6 Å². The van der Waals surface area contributed by atoms with Gasteiger partial charge >= 0.3 is 0 Å². The van der Waals surface area contributed by atoms with Gasteiger partial charge in [0, 0.05) is 47.7 Å². The molecule has 0 bridgehead atoms. The quantitative estimate of drug-likeness (QED) is 0.0418. The molecule has 0 saturated heterocycles. The number of carbonyl (C=O) groups is 1. The van der Waals surface area contributed by atoms with Crippen LogP contribution in [-0.4, -0.2) is 105 Å². The van der Waals surface area contributed by atoms with Crippen LogP contribution in [0, 0.1) is 0 Å². The number of nitrogens with zero attached hydrogens (tertiary/aromatic N) is 2. The van der Waals surface area contributed by atoms with Gasteiger partial charge in [-0.15, -0.1) is 118 Å². The predicted octanol–water partition coefficient (Wildman–Crippen LogP) is 6.38. The van der Waals surface area contributed by atoms with Gasteiger partial charge in [-0.05, 0) is 0 Å². The zero-order chi connectivity index (χ0) is 27.2. The maximum Gasteiger partial charge on any atom is 0.280 e. The topological polar surface area (TPSA) is 108 Å². The summed E-state index contributed by atoms with van der Waals surface area (Å²) in [6, 6.07) is 0. The predicted molar refractivity (Wildman–Crippen MR) is 197 cm³/mol. The Balaban J connectivity index is 3.32. The summed E-state index contributed by atoms with van der Waals surface area (Å²) in [7, 11) is -0.362. The highest BCUT2D eigenvalue weighted by Gasteiger charge is 2.02. The highest BCUT2D eigenvalue weighted by molar-refractivity contribution is 8.30. The lowest BCUT2D eigenvalue weighted by molar-refractivity contribution is 0.262. The fourth-order valence-corrected chi connectivity index (χ4v) is 15.8. The molecule has 218 valence electrons. The third-order valence-electron chi connectivity index (χ3n) is 2.83. The van der Waals surface area contributed by atoms with E-state index < -0.39 is 21.6 Å². The molecule has 0 fully saturated rings. The van der Waals surface area contributed by atoms with Gasteiger partial charge in [0.1, 0.15) is 0 Å². The average Bonchev–Trinajstić information content (AvgIpc) is 2.88. The largest absolute Gasteiger partial charge is 0.386 e. The summed E-state index contributed by atoms with van der Waals surface area (Å²) in [5.41, 5.74) is 3.00. The molecule has 1 amide bonds. The first-order chi connectivity index (χ1) is 18.1. The van der Waals surface area contributed by atoms with Crippen LogP contribution in [0.4, 0.5) is 4.79 Å². The van der Waals surface area contributed by atoms with E-state index in [1.54, 1.807) is 65.9 Å². The number of hydrogen-bond donors (Lipinski definition) is 2. The van der Waals surface area contributed by atoms with E-state index in [1.807, 2.05) is 47.0 Å². The van der Waals surface area contributed by atoms with E-state index in [0.29, 0.717) is 21.9 Å². The van der Waals surface area contributed by atoms with Crippen LogP contribution in [0.3, 0.4) is 0 Å². The van der Waals surface area contributed by atoms with Gasteiger partial charge in [-0.25, -0.2) is 0 Å². The van der Waals surface area contributed by atoms with E-state index in [1.165, 1.54) is 34.6 Å². The number of aliphatic hydroxyl groups is 1. The lowest BCUT2D eigenvalue weighted by Gasteiger charge is -2.05. The minimum Gasteiger partial charge on any atom is -0.386 e. The van der Waals surface area contributed by atoms with Crippen LogP contribution in [0.15, 0.2) is 9.98 Å². The molecule has 0 aromatic carbocycles. The van der Waals surface area contributed by atoms with Crippen molar-refractivity contribution in [2.45, 2.75) is 0 Å². The number of aliphatic imine (C=N–C) groups is 2. The second-order valence-electron chi connectivity index (χ2n) is 5.64. The van der Waals surface area contributed by atoms with Crippen LogP contribution >= 0.6 is 129 Å². The fraction of sp³-hybridized carbons (Fsp3) is 0.824. The molecule has 0 aliphatic rings. The molecule has 0 aromatic heterocycles. The molecule has 0 aliphatic carbocycles. The Hall–Kier alpha value is 2.92. The van der Waals surface area contributed by atoms with Crippen LogP contribution in [0.1, 0.15) is 0 Å². The Bertz CT molecular complexity index is 650. The average molecular weight is 760 g/mol. The minimum absolute atomic E-state index is 0.0225. The fourth-order valence-electron chi connectivity index (χ4n) is 1.53. The summed E-state index contributed by atoms with van der Waals surface area (Å²) in [6.07, 6.45) is 0. The van der Waals surface area contributed by atoms with E-state index in [0.717, 1.165) is 40.7 Å². The molecular weight excluding hydrogens is 727 g/mol. The Morgan fingerprint density at radius 2 is 1.24 bits per heavy atom. The van der Waals surface area contributed by atoms with Gasteiger partial charge in [-0.3, -0.25) is 23.2 Å². The summed E-state index contributed by atoms with van der Waals surface area (Å²) >= 11 is 18.4. The lowest BCUT2D eigenvalue weighted by atomic mass is 11.2. The summed E-state index contributed by atoms with van der Waals surface area (Å²) in [4.78, 5) is 19.7. The third-order valence-corrected chi connectivity index (χ3v) is 18.6.